The van der Waals surface area contributed by atoms with E-state index in [1.165, 1.54) is 22.7 Å². The van der Waals surface area contributed by atoms with Crippen LogP contribution in [0, 0.1) is 24.7 Å². The lowest BCUT2D eigenvalue weighted by Crippen LogP contribution is -2.21. The maximum atomic E-state index is 13.2. The molecule has 1 aliphatic rings. The standard InChI is InChI=1S/C25H26N2O5S2/c1-5-13-31-15-11-26(3)19-9-7-17(33-19)21-23(28)22(25(30)24(21)29)18-8-10-20(34-18)27(4)12-16-32-14-6-2/h1-2,7-10,21,30H,11-16H2,3-4H3. The molecule has 1 N–H and O–H groups in total. The second-order valence-corrected chi connectivity index (χ2v) is 9.71. The van der Waals surface area contributed by atoms with Crippen LogP contribution in [0.4, 0.5) is 10.0 Å². The van der Waals surface area contributed by atoms with Gasteiger partial charge in [-0.3, -0.25) is 9.59 Å². The number of ether oxygens (including phenoxy) is 2. The van der Waals surface area contributed by atoms with Crippen LogP contribution in [-0.2, 0) is 19.1 Å². The quantitative estimate of drug-likeness (QED) is 0.274. The van der Waals surface area contributed by atoms with Crippen LogP contribution in [0.25, 0.3) is 5.57 Å². The third-order valence-electron chi connectivity index (χ3n) is 5.24. The first-order chi connectivity index (χ1) is 16.4. The number of hydrogen-bond donors (Lipinski definition) is 1. The molecule has 0 bridgehead atoms. The zero-order valence-corrected chi connectivity index (χ0v) is 20.7. The second kappa shape index (κ2) is 11.9. The molecule has 2 heterocycles. The van der Waals surface area contributed by atoms with Crippen molar-refractivity contribution in [1.82, 2.24) is 0 Å². The highest BCUT2D eigenvalue weighted by atomic mass is 32.1. The molecule has 2 aromatic heterocycles. The molecule has 7 nitrogen and oxygen atoms in total. The number of nitrogens with zero attached hydrogens (tertiary/aromatic N) is 2. The number of thiophene rings is 2. The molecular weight excluding hydrogens is 472 g/mol. The van der Waals surface area contributed by atoms with Crippen LogP contribution >= 0.6 is 22.7 Å². The largest absolute Gasteiger partial charge is 0.504 e. The molecule has 0 fully saturated rings. The number of carbonyl (C=O) groups is 2. The van der Waals surface area contributed by atoms with Crippen molar-refractivity contribution >= 4 is 49.8 Å². The maximum Gasteiger partial charge on any atom is 0.213 e. The normalized spacial score (nSPS) is 15.5. The van der Waals surface area contributed by atoms with Crippen molar-refractivity contribution < 1.29 is 24.2 Å². The minimum absolute atomic E-state index is 0.0780. The van der Waals surface area contributed by atoms with Crippen molar-refractivity contribution in [3.63, 3.8) is 0 Å². The summed E-state index contributed by atoms with van der Waals surface area (Å²) < 4.78 is 10.6. The Kier molecular flexibility index (Phi) is 8.91. The monoisotopic (exact) mass is 498 g/mol. The van der Waals surface area contributed by atoms with Crippen molar-refractivity contribution in [2.45, 2.75) is 5.92 Å². The van der Waals surface area contributed by atoms with E-state index < -0.39 is 17.5 Å². The van der Waals surface area contributed by atoms with E-state index >= 15 is 0 Å². The van der Waals surface area contributed by atoms with E-state index in [0.717, 1.165) is 10.0 Å². The average Bonchev–Trinajstić information content (AvgIpc) is 3.54. The Bertz CT molecular complexity index is 1150. The molecule has 0 saturated carbocycles. The molecule has 9 heteroatoms. The fourth-order valence-electron chi connectivity index (χ4n) is 3.39. The number of terminal acetylenes is 2. The Morgan fingerprint density at radius 1 is 0.912 bits per heavy atom. The van der Waals surface area contributed by atoms with Gasteiger partial charge in [0.1, 0.15) is 19.1 Å². The number of rotatable bonds is 12. The Balaban J connectivity index is 1.70. The summed E-state index contributed by atoms with van der Waals surface area (Å²) in [5.41, 5.74) is 0.0780. The molecule has 0 spiro atoms. The number of hydrogen-bond acceptors (Lipinski definition) is 9. The molecule has 0 radical (unpaired) electrons. The van der Waals surface area contributed by atoms with Crippen molar-refractivity contribution in [1.29, 1.82) is 0 Å². The smallest absolute Gasteiger partial charge is 0.213 e. The summed E-state index contributed by atoms with van der Waals surface area (Å²) in [4.78, 5) is 31.2. The first-order valence-corrected chi connectivity index (χ1v) is 12.2. The van der Waals surface area contributed by atoms with Gasteiger partial charge in [-0.15, -0.1) is 35.5 Å². The highest BCUT2D eigenvalue weighted by Crippen LogP contribution is 2.43. The molecular formula is C25H26N2O5S2. The molecule has 0 saturated heterocycles. The van der Waals surface area contributed by atoms with Crippen LogP contribution in [0.1, 0.15) is 15.7 Å². The number of aliphatic hydroxyl groups is 1. The van der Waals surface area contributed by atoms with Crippen molar-refractivity contribution in [2.24, 2.45) is 0 Å². The van der Waals surface area contributed by atoms with Crippen LogP contribution in [0.3, 0.4) is 0 Å². The van der Waals surface area contributed by atoms with E-state index in [-0.39, 0.29) is 24.6 Å². The van der Waals surface area contributed by atoms with Gasteiger partial charge >= 0.3 is 0 Å². The van der Waals surface area contributed by atoms with E-state index in [2.05, 4.69) is 11.8 Å². The fourth-order valence-corrected chi connectivity index (χ4v) is 5.53. The first kappa shape index (κ1) is 25.5. The van der Waals surface area contributed by atoms with Crippen LogP contribution in [0.2, 0.25) is 0 Å². The molecule has 34 heavy (non-hydrogen) atoms. The van der Waals surface area contributed by atoms with Gasteiger partial charge in [-0.2, -0.15) is 0 Å². The fraction of sp³-hybridized carbons (Fsp3) is 0.360. The molecule has 1 atom stereocenters. The van der Waals surface area contributed by atoms with Crippen molar-refractivity contribution in [3.05, 3.63) is 39.8 Å². The summed E-state index contributed by atoms with van der Waals surface area (Å²) in [6, 6.07) is 7.23. The molecule has 0 aliphatic heterocycles. The van der Waals surface area contributed by atoms with Gasteiger partial charge in [-0.05, 0) is 24.3 Å². The first-order valence-electron chi connectivity index (χ1n) is 10.5. The van der Waals surface area contributed by atoms with Crippen LogP contribution in [0.5, 0.6) is 0 Å². The van der Waals surface area contributed by atoms with Gasteiger partial charge in [-0.25, -0.2) is 0 Å². The SMILES string of the molecule is C#CCOCCN(C)c1ccc(C2=C(O)C(=O)C(c3ccc(N(C)CCOCC#C)s3)C2=O)s1. The predicted molar refractivity (Wildman–Crippen MR) is 137 cm³/mol. The minimum Gasteiger partial charge on any atom is -0.504 e. The molecule has 1 unspecified atom stereocenters. The van der Waals surface area contributed by atoms with Crippen LogP contribution < -0.4 is 9.80 Å². The Morgan fingerprint density at radius 2 is 1.47 bits per heavy atom. The average molecular weight is 499 g/mol. The number of allylic oxidation sites excluding steroid dienone is 2. The van der Waals surface area contributed by atoms with Gasteiger partial charge in [0.25, 0.3) is 0 Å². The minimum atomic E-state index is -1.03. The zero-order chi connectivity index (χ0) is 24.7. The van der Waals surface area contributed by atoms with E-state index in [1.54, 1.807) is 12.1 Å². The lowest BCUT2D eigenvalue weighted by molar-refractivity contribution is -0.123. The molecule has 2 aromatic rings. The van der Waals surface area contributed by atoms with E-state index in [1.807, 2.05) is 36.0 Å². The summed E-state index contributed by atoms with van der Waals surface area (Å²) in [5.74, 6) is 2.38. The lowest BCUT2D eigenvalue weighted by atomic mass is 10.0. The third kappa shape index (κ3) is 5.69. The molecule has 1 aliphatic carbocycles. The number of likely N-dealkylation sites (N-methyl/N-ethyl adjacent to an activating group) is 2. The van der Waals surface area contributed by atoms with E-state index in [0.29, 0.717) is 36.1 Å². The topological polar surface area (TPSA) is 79.3 Å². The van der Waals surface area contributed by atoms with Gasteiger partial charge < -0.3 is 24.4 Å². The van der Waals surface area contributed by atoms with E-state index in [9.17, 15) is 14.7 Å². The third-order valence-corrected chi connectivity index (χ3v) is 7.72. The Hall–Kier alpha value is -3.08. The molecule has 0 aromatic carbocycles. The predicted octanol–water partition coefficient (Wildman–Crippen LogP) is 3.19. The summed E-state index contributed by atoms with van der Waals surface area (Å²) in [6.45, 7) is 2.66. The van der Waals surface area contributed by atoms with Crippen LogP contribution in [-0.4, -0.2) is 70.3 Å². The zero-order valence-electron chi connectivity index (χ0n) is 19.1. The summed E-state index contributed by atoms with van der Waals surface area (Å²) in [5, 5.41) is 12.3. The second-order valence-electron chi connectivity index (χ2n) is 7.56. The highest BCUT2D eigenvalue weighted by molar-refractivity contribution is 7.18. The summed E-state index contributed by atoms with van der Waals surface area (Å²) in [7, 11) is 3.80. The summed E-state index contributed by atoms with van der Waals surface area (Å²) in [6.07, 6.45) is 10.4. The van der Waals surface area contributed by atoms with Gasteiger partial charge in [0.15, 0.2) is 11.5 Å². The Morgan fingerprint density at radius 3 is 2.06 bits per heavy atom. The van der Waals surface area contributed by atoms with Crippen molar-refractivity contribution in [3.8, 4) is 24.7 Å². The number of ketones is 2. The van der Waals surface area contributed by atoms with E-state index in [4.69, 9.17) is 22.3 Å². The molecule has 178 valence electrons. The highest BCUT2D eigenvalue weighted by Gasteiger charge is 2.44. The van der Waals surface area contributed by atoms with Gasteiger partial charge in [0.2, 0.25) is 5.78 Å². The van der Waals surface area contributed by atoms with Gasteiger partial charge in [-0.1, -0.05) is 11.8 Å². The molecule has 0 amide bonds. The number of anilines is 2. The van der Waals surface area contributed by atoms with Gasteiger partial charge in [0, 0.05) is 36.9 Å². The van der Waals surface area contributed by atoms with Gasteiger partial charge in [0.05, 0.1) is 28.8 Å². The Labute approximate surface area is 207 Å². The van der Waals surface area contributed by atoms with Crippen LogP contribution in [0.15, 0.2) is 30.0 Å². The maximum absolute atomic E-state index is 13.2. The summed E-state index contributed by atoms with van der Waals surface area (Å²) >= 11 is 2.69. The number of carbonyl (C=O) groups excluding carboxylic acids is 2. The lowest BCUT2D eigenvalue weighted by Gasteiger charge is -2.16. The van der Waals surface area contributed by atoms with Crippen molar-refractivity contribution in [2.75, 3.05) is 63.4 Å². The molecule has 3 rings (SSSR count). The number of aliphatic hydroxyl groups excluding tert-OH is 1. The number of Topliss-reactive ketones (excluding diaryl/α,β-unsaturated/α-hetero) is 2.